The van der Waals surface area contributed by atoms with Gasteiger partial charge in [0.25, 0.3) is 5.91 Å². The van der Waals surface area contributed by atoms with E-state index in [2.05, 4.69) is 5.32 Å². The van der Waals surface area contributed by atoms with Gasteiger partial charge >= 0.3 is 5.97 Å². The molecule has 8 heteroatoms. The number of rotatable bonds is 4. The van der Waals surface area contributed by atoms with Gasteiger partial charge in [0.1, 0.15) is 5.54 Å². The van der Waals surface area contributed by atoms with E-state index < -0.39 is 29.4 Å². The van der Waals surface area contributed by atoms with E-state index in [1.807, 2.05) is 0 Å². The lowest BCUT2D eigenvalue weighted by atomic mass is 9.95. The second-order valence-electron chi connectivity index (χ2n) is 9.17. The van der Waals surface area contributed by atoms with E-state index in [0.29, 0.717) is 17.9 Å². The fourth-order valence-electron chi connectivity index (χ4n) is 4.81. The minimum absolute atomic E-state index is 0.0180. The van der Waals surface area contributed by atoms with Crippen molar-refractivity contribution in [2.45, 2.75) is 70.6 Å². The number of benzene rings is 1. The Hall–Kier alpha value is -2.90. The second kappa shape index (κ2) is 7.98. The molecule has 2 atom stereocenters. The molecule has 1 saturated heterocycles. The molecule has 8 nitrogen and oxygen atoms in total. The van der Waals surface area contributed by atoms with Crippen molar-refractivity contribution in [2.75, 3.05) is 16.8 Å². The first kappa shape index (κ1) is 21.3. The second-order valence-corrected chi connectivity index (χ2v) is 9.17. The van der Waals surface area contributed by atoms with Crippen molar-refractivity contribution in [3.8, 4) is 0 Å². The summed E-state index contributed by atoms with van der Waals surface area (Å²) < 4.78 is 5.51. The quantitative estimate of drug-likeness (QED) is 0.745. The van der Waals surface area contributed by atoms with E-state index in [1.54, 1.807) is 43.0 Å². The van der Waals surface area contributed by atoms with Gasteiger partial charge in [-0.05, 0) is 45.7 Å². The van der Waals surface area contributed by atoms with Gasteiger partial charge in [-0.15, -0.1) is 0 Å². The summed E-state index contributed by atoms with van der Waals surface area (Å²) in [5, 5.41) is 2.81. The van der Waals surface area contributed by atoms with Gasteiger partial charge < -0.3 is 15.0 Å². The summed E-state index contributed by atoms with van der Waals surface area (Å²) in [6, 6.07) is 7.25. The molecule has 1 N–H and O–H groups in total. The summed E-state index contributed by atoms with van der Waals surface area (Å²) in [7, 11) is 0. The van der Waals surface area contributed by atoms with Crippen LogP contribution >= 0.6 is 0 Å². The molecule has 166 valence electrons. The van der Waals surface area contributed by atoms with Gasteiger partial charge in [-0.2, -0.15) is 0 Å². The molecule has 0 unspecified atom stereocenters. The number of hydrogen-bond donors (Lipinski definition) is 1. The van der Waals surface area contributed by atoms with Crippen LogP contribution in [0.3, 0.4) is 0 Å². The van der Waals surface area contributed by atoms with Crippen LogP contribution in [0.5, 0.6) is 0 Å². The van der Waals surface area contributed by atoms with Crippen LogP contribution in [0, 0.1) is 5.92 Å². The number of amides is 3. The third-order valence-corrected chi connectivity index (χ3v) is 6.63. The molecular weight excluding hydrogens is 398 g/mol. The van der Waals surface area contributed by atoms with E-state index in [1.165, 1.54) is 11.8 Å². The molecule has 3 amide bonds. The highest BCUT2D eigenvalue weighted by Gasteiger charge is 2.46. The SMILES string of the molecule is C[C@H](OC(=O)[C@H]1CC(=O)N(C2CCCC2)C1)C(=O)N1c2ccccc2NC(=O)C1(C)C. The van der Waals surface area contributed by atoms with Crippen LogP contribution in [0.25, 0.3) is 0 Å². The smallest absolute Gasteiger partial charge is 0.312 e. The molecule has 2 fully saturated rings. The largest absolute Gasteiger partial charge is 0.452 e. The van der Waals surface area contributed by atoms with E-state index in [9.17, 15) is 19.2 Å². The average Bonchev–Trinajstić information content (AvgIpc) is 3.37. The van der Waals surface area contributed by atoms with Gasteiger partial charge in [-0.25, -0.2) is 0 Å². The minimum Gasteiger partial charge on any atom is -0.452 e. The highest BCUT2D eigenvalue weighted by Crippen LogP contribution is 2.37. The number of carbonyl (C=O) groups excluding carboxylic acids is 4. The zero-order chi connectivity index (χ0) is 22.3. The number of hydrogen-bond acceptors (Lipinski definition) is 5. The average molecular weight is 428 g/mol. The minimum atomic E-state index is -1.14. The van der Waals surface area contributed by atoms with Crippen molar-refractivity contribution in [1.29, 1.82) is 0 Å². The summed E-state index contributed by atoms with van der Waals surface area (Å²) in [5.74, 6) is -1.91. The molecule has 31 heavy (non-hydrogen) atoms. The van der Waals surface area contributed by atoms with Crippen molar-refractivity contribution >= 4 is 35.1 Å². The Balaban J connectivity index is 1.46. The molecular formula is C23H29N3O5. The lowest BCUT2D eigenvalue weighted by Crippen LogP contribution is -2.60. The highest BCUT2D eigenvalue weighted by molar-refractivity contribution is 6.15. The standard InChI is InChI=1S/C23H29N3O5/c1-14(31-21(29)15-12-19(27)25(13-15)16-8-4-5-9-16)20(28)26-18-11-7-6-10-17(18)24-22(30)23(26,2)3/h6-7,10-11,14-16H,4-5,8-9,12-13H2,1-3H3,(H,24,30)/t14-,15-/m0/s1. The normalized spacial score (nSPS) is 24.0. The van der Waals surface area contributed by atoms with Crippen molar-refractivity contribution in [3.63, 3.8) is 0 Å². The van der Waals surface area contributed by atoms with Crippen molar-refractivity contribution in [1.82, 2.24) is 4.90 Å². The number of nitrogens with one attached hydrogen (secondary N) is 1. The molecule has 2 heterocycles. The number of fused-ring (bicyclic) bond motifs is 1. The first-order valence-corrected chi connectivity index (χ1v) is 10.9. The fraction of sp³-hybridized carbons (Fsp3) is 0.565. The van der Waals surface area contributed by atoms with Crippen LogP contribution in [-0.2, 0) is 23.9 Å². The third-order valence-electron chi connectivity index (χ3n) is 6.63. The lowest BCUT2D eigenvalue weighted by Gasteiger charge is -2.42. The van der Waals surface area contributed by atoms with Crippen LogP contribution in [0.15, 0.2) is 24.3 Å². The van der Waals surface area contributed by atoms with Crippen LogP contribution < -0.4 is 10.2 Å². The summed E-state index contributed by atoms with van der Waals surface area (Å²) in [6.07, 6.45) is 3.21. The number of para-hydroxylation sites is 2. The molecule has 0 radical (unpaired) electrons. The third kappa shape index (κ3) is 3.79. The molecule has 0 aromatic heterocycles. The van der Waals surface area contributed by atoms with Gasteiger partial charge in [-0.3, -0.25) is 24.1 Å². The molecule has 4 rings (SSSR count). The summed E-state index contributed by atoms with van der Waals surface area (Å²) in [4.78, 5) is 54.3. The monoisotopic (exact) mass is 427 g/mol. The number of carbonyl (C=O) groups is 4. The van der Waals surface area contributed by atoms with E-state index >= 15 is 0 Å². The van der Waals surface area contributed by atoms with Crippen LogP contribution in [-0.4, -0.2) is 52.8 Å². The number of anilines is 2. The van der Waals surface area contributed by atoms with E-state index in [0.717, 1.165) is 25.7 Å². The van der Waals surface area contributed by atoms with Crippen molar-refractivity contribution in [2.24, 2.45) is 5.92 Å². The number of likely N-dealkylation sites (tertiary alicyclic amines) is 1. The summed E-state index contributed by atoms with van der Waals surface area (Å²) in [5.41, 5.74) is -0.0509. The number of ether oxygens (including phenoxy) is 1. The van der Waals surface area contributed by atoms with Crippen LogP contribution in [0.1, 0.15) is 52.9 Å². The Bertz CT molecular complexity index is 922. The number of esters is 1. The van der Waals surface area contributed by atoms with Gasteiger partial charge in [0.15, 0.2) is 6.10 Å². The van der Waals surface area contributed by atoms with Gasteiger partial charge in [-0.1, -0.05) is 25.0 Å². The van der Waals surface area contributed by atoms with Crippen molar-refractivity contribution in [3.05, 3.63) is 24.3 Å². The zero-order valence-electron chi connectivity index (χ0n) is 18.2. The van der Waals surface area contributed by atoms with E-state index in [-0.39, 0.29) is 24.3 Å². The van der Waals surface area contributed by atoms with Crippen molar-refractivity contribution < 1.29 is 23.9 Å². The Morgan fingerprint density at radius 3 is 2.55 bits per heavy atom. The number of nitrogens with zero attached hydrogens (tertiary/aromatic N) is 2. The summed E-state index contributed by atoms with van der Waals surface area (Å²) >= 11 is 0. The Morgan fingerprint density at radius 2 is 1.84 bits per heavy atom. The Labute approximate surface area is 181 Å². The maximum absolute atomic E-state index is 13.3. The first-order valence-electron chi connectivity index (χ1n) is 10.9. The van der Waals surface area contributed by atoms with Gasteiger partial charge in [0.05, 0.1) is 17.3 Å². The maximum atomic E-state index is 13.3. The van der Waals surface area contributed by atoms with Crippen LogP contribution in [0.2, 0.25) is 0 Å². The molecule has 1 saturated carbocycles. The molecule has 1 aromatic carbocycles. The Morgan fingerprint density at radius 1 is 1.16 bits per heavy atom. The van der Waals surface area contributed by atoms with Crippen LogP contribution in [0.4, 0.5) is 11.4 Å². The first-order chi connectivity index (χ1) is 14.7. The predicted molar refractivity (Wildman–Crippen MR) is 114 cm³/mol. The van der Waals surface area contributed by atoms with E-state index in [4.69, 9.17) is 4.74 Å². The predicted octanol–water partition coefficient (Wildman–Crippen LogP) is 2.47. The molecule has 1 aliphatic carbocycles. The Kier molecular flexibility index (Phi) is 5.49. The lowest BCUT2D eigenvalue weighted by molar-refractivity contribution is -0.158. The highest BCUT2D eigenvalue weighted by atomic mass is 16.5. The molecule has 3 aliphatic rings. The molecule has 0 bridgehead atoms. The van der Waals surface area contributed by atoms with Gasteiger partial charge in [0.2, 0.25) is 11.8 Å². The van der Waals surface area contributed by atoms with Gasteiger partial charge in [0, 0.05) is 19.0 Å². The molecule has 2 aliphatic heterocycles. The molecule has 1 aromatic rings. The zero-order valence-corrected chi connectivity index (χ0v) is 18.2. The summed E-state index contributed by atoms with van der Waals surface area (Å²) in [6.45, 7) is 5.17. The maximum Gasteiger partial charge on any atom is 0.312 e. The fourth-order valence-corrected chi connectivity index (χ4v) is 4.81. The topological polar surface area (TPSA) is 96.0 Å². The molecule has 0 spiro atoms.